The van der Waals surface area contributed by atoms with Gasteiger partial charge in [-0.1, -0.05) is 40.2 Å². The van der Waals surface area contributed by atoms with E-state index in [0.717, 1.165) is 0 Å². The zero-order chi connectivity index (χ0) is 26.1. The van der Waals surface area contributed by atoms with Crippen molar-refractivity contribution >= 4 is 49.8 Å². The van der Waals surface area contributed by atoms with Gasteiger partial charge in [0.15, 0.2) is 0 Å². The minimum Gasteiger partial charge on any atom is -0.460 e. The highest BCUT2D eigenvalue weighted by atomic mass is 79.9. The van der Waals surface area contributed by atoms with Gasteiger partial charge in [-0.15, -0.1) is 0 Å². The third-order valence-electron chi connectivity index (χ3n) is 5.85. The molecule has 1 aliphatic rings. The Hall–Kier alpha value is -3.39. The van der Waals surface area contributed by atoms with Crippen LogP contribution in [-0.2, 0) is 19.1 Å². The fraction of sp³-hybridized carbons (Fsp3) is 0.321. The van der Waals surface area contributed by atoms with E-state index in [1.54, 1.807) is 77.1 Å². The van der Waals surface area contributed by atoms with Crippen LogP contribution in [0.15, 0.2) is 74.2 Å². The van der Waals surface area contributed by atoms with Gasteiger partial charge < -0.3 is 19.2 Å². The number of alkyl halides is 1. The van der Waals surface area contributed by atoms with Crippen molar-refractivity contribution < 1.29 is 23.5 Å². The largest absolute Gasteiger partial charge is 0.460 e. The Bertz CT molecular complexity index is 1480. The maximum absolute atomic E-state index is 13.5. The molecule has 188 valence electrons. The van der Waals surface area contributed by atoms with Crippen molar-refractivity contribution in [3.8, 4) is 0 Å². The Kier molecular flexibility index (Phi) is 7.36. The van der Waals surface area contributed by atoms with Gasteiger partial charge in [0.05, 0.1) is 40.0 Å². The van der Waals surface area contributed by atoms with E-state index in [9.17, 15) is 14.4 Å². The minimum atomic E-state index is -0.885. The molecule has 4 rings (SSSR count). The van der Waals surface area contributed by atoms with Crippen molar-refractivity contribution in [3.63, 3.8) is 0 Å². The monoisotopic (exact) mass is 553 g/mol. The van der Waals surface area contributed by atoms with Crippen LogP contribution in [0.5, 0.6) is 0 Å². The summed E-state index contributed by atoms with van der Waals surface area (Å²) in [5.74, 6) is -2.02. The molecule has 1 aromatic heterocycles. The van der Waals surface area contributed by atoms with E-state index >= 15 is 0 Å². The predicted octanol–water partition coefficient (Wildman–Crippen LogP) is 5.46. The number of fused-ring (bicyclic) bond motifs is 2. The van der Waals surface area contributed by atoms with Crippen LogP contribution in [0, 0.1) is 0 Å². The second-order valence-corrected chi connectivity index (χ2v) is 9.74. The van der Waals surface area contributed by atoms with Crippen molar-refractivity contribution in [2.75, 3.05) is 5.33 Å². The van der Waals surface area contributed by atoms with Crippen LogP contribution in [0.1, 0.15) is 46.1 Å². The quantitative estimate of drug-likeness (QED) is 0.246. The molecule has 2 aromatic carbocycles. The van der Waals surface area contributed by atoms with Crippen LogP contribution in [0.25, 0.3) is 21.9 Å². The molecular weight excluding hydrogens is 526 g/mol. The van der Waals surface area contributed by atoms with Gasteiger partial charge in [0, 0.05) is 22.3 Å². The molecule has 0 bridgehead atoms. The smallest absolute Gasteiger partial charge is 0.337 e. The number of ether oxygens (including phenoxy) is 2. The van der Waals surface area contributed by atoms with E-state index < -0.39 is 17.9 Å². The average molecular weight is 554 g/mol. The summed E-state index contributed by atoms with van der Waals surface area (Å²) in [6.45, 7) is 8.80. The number of benzene rings is 2. The molecule has 0 spiro atoms. The van der Waals surface area contributed by atoms with Crippen LogP contribution >= 0.6 is 15.9 Å². The summed E-state index contributed by atoms with van der Waals surface area (Å²) < 4.78 is 17.4. The van der Waals surface area contributed by atoms with Gasteiger partial charge in [-0.25, -0.2) is 9.59 Å². The fourth-order valence-electron chi connectivity index (χ4n) is 4.45. The summed E-state index contributed by atoms with van der Waals surface area (Å²) >= 11 is 3.46. The number of hydrogen-bond donors (Lipinski definition) is 1. The molecule has 0 radical (unpaired) electrons. The van der Waals surface area contributed by atoms with Crippen molar-refractivity contribution in [1.29, 1.82) is 0 Å². The highest BCUT2D eigenvalue weighted by Gasteiger charge is 2.40. The summed E-state index contributed by atoms with van der Waals surface area (Å²) in [5.41, 5.74) is 2.65. The number of esters is 2. The Morgan fingerprint density at radius 1 is 0.944 bits per heavy atom. The van der Waals surface area contributed by atoms with Crippen molar-refractivity contribution in [2.45, 2.75) is 52.7 Å². The van der Waals surface area contributed by atoms with E-state index in [1.165, 1.54) is 0 Å². The molecule has 0 fully saturated rings. The average Bonchev–Trinajstić information content (AvgIpc) is 2.82. The van der Waals surface area contributed by atoms with Crippen LogP contribution in [-0.4, -0.2) is 29.5 Å². The molecule has 0 aliphatic carbocycles. The van der Waals surface area contributed by atoms with Gasteiger partial charge >= 0.3 is 11.9 Å². The van der Waals surface area contributed by atoms with E-state index in [4.69, 9.17) is 13.9 Å². The number of hydrogen-bond acceptors (Lipinski definition) is 7. The van der Waals surface area contributed by atoms with Gasteiger partial charge in [0.2, 0.25) is 5.43 Å². The zero-order valence-electron chi connectivity index (χ0n) is 20.8. The van der Waals surface area contributed by atoms with Gasteiger partial charge in [-0.05, 0) is 52.8 Å². The van der Waals surface area contributed by atoms with E-state index in [-0.39, 0.29) is 28.8 Å². The molecule has 0 saturated heterocycles. The number of dihydropyridines is 1. The normalized spacial score (nSPS) is 16.2. The third kappa shape index (κ3) is 4.69. The summed E-state index contributed by atoms with van der Waals surface area (Å²) in [5, 5.41) is 4.31. The Morgan fingerprint density at radius 2 is 1.56 bits per heavy atom. The van der Waals surface area contributed by atoms with E-state index in [0.29, 0.717) is 44.2 Å². The molecule has 1 unspecified atom stereocenters. The lowest BCUT2D eigenvalue weighted by molar-refractivity contribution is -0.143. The van der Waals surface area contributed by atoms with Crippen LogP contribution < -0.4 is 10.7 Å². The number of para-hydroxylation sites is 2. The molecule has 36 heavy (non-hydrogen) atoms. The lowest BCUT2D eigenvalue weighted by atomic mass is 9.79. The summed E-state index contributed by atoms with van der Waals surface area (Å²) in [4.78, 5) is 40.2. The third-order valence-corrected chi connectivity index (χ3v) is 6.41. The Labute approximate surface area is 217 Å². The number of carbonyl (C=O) groups is 2. The topological polar surface area (TPSA) is 94.8 Å². The van der Waals surface area contributed by atoms with Gasteiger partial charge in [-0.3, -0.25) is 4.79 Å². The highest BCUT2D eigenvalue weighted by Crippen LogP contribution is 2.42. The van der Waals surface area contributed by atoms with E-state index in [2.05, 4.69) is 21.2 Å². The Morgan fingerprint density at radius 3 is 2.19 bits per heavy atom. The summed E-state index contributed by atoms with van der Waals surface area (Å²) in [6.07, 6.45) is -0.754. The van der Waals surface area contributed by atoms with Gasteiger partial charge in [0.1, 0.15) is 11.2 Å². The molecule has 8 heteroatoms. The molecule has 7 nitrogen and oxygen atoms in total. The second kappa shape index (κ2) is 10.3. The van der Waals surface area contributed by atoms with Crippen LogP contribution in [0.2, 0.25) is 0 Å². The number of nitrogens with one attached hydrogen (secondary N) is 1. The maximum Gasteiger partial charge on any atom is 0.337 e. The zero-order valence-corrected chi connectivity index (χ0v) is 22.4. The van der Waals surface area contributed by atoms with Crippen LogP contribution in [0.3, 0.4) is 0 Å². The number of halogens is 1. The Balaban J connectivity index is 2.07. The molecule has 1 atom stereocenters. The first-order valence-corrected chi connectivity index (χ1v) is 12.9. The molecule has 2 heterocycles. The molecule has 1 aliphatic heterocycles. The van der Waals surface area contributed by atoms with E-state index in [1.807, 2.05) is 0 Å². The standard InChI is InChI=1S/C28H28BrNO6/c1-14(2)34-27(32)22-16(5)30-20(13-29)24(28(33)35-15(3)4)23(22)18-10-8-11-19-25(31)17-9-6-7-12-21(17)36-26(18)19/h6-12,14-15,23,30H,13H2,1-5H3. The van der Waals surface area contributed by atoms with Crippen LogP contribution in [0.4, 0.5) is 0 Å². The highest BCUT2D eigenvalue weighted by molar-refractivity contribution is 9.09. The second-order valence-electron chi connectivity index (χ2n) is 9.18. The molecule has 0 amide bonds. The first-order valence-electron chi connectivity index (χ1n) is 11.8. The summed E-state index contributed by atoms with van der Waals surface area (Å²) in [6, 6.07) is 12.2. The molecular formula is C28H28BrNO6. The SMILES string of the molecule is CC1=C(C(=O)OC(C)C)C(c2cccc3c(=O)c4ccccc4oc23)C(C(=O)OC(C)C)=C(CBr)N1. The number of carbonyl (C=O) groups excluding carboxylic acids is 2. The van der Waals surface area contributed by atoms with Crippen molar-refractivity contribution in [1.82, 2.24) is 5.32 Å². The first-order chi connectivity index (χ1) is 17.1. The van der Waals surface area contributed by atoms with Crippen molar-refractivity contribution in [2.24, 2.45) is 0 Å². The van der Waals surface area contributed by atoms with Gasteiger partial charge in [0.25, 0.3) is 0 Å². The molecule has 1 N–H and O–H groups in total. The van der Waals surface area contributed by atoms with Crippen molar-refractivity contribution in [3.05, 3.63) is 80.8 Å². The number of allylic oxidation sites excluding steroid dienone is 2. The summed E-state index contributed by atoms with van der Waals surface area (Å²) in [7, 11) is 0. The molecule has 0 saturated carbocycles. The lowest BCUT2D eigenvalue weighted by Gasteiger charge is -2.32. The first kappa shape index (κ1) is 25.7. The van der Waals surface area contributed by atoms with Gasteiger partial charge in [-0.2, -0.15) is 0 Å². The number of rotatable bonds is 6. The lowest BCUT2D eigenvalue weighted by Crippen LogP contribution is -2.35. The molecule has 3 aromatic rings. The minimum absolute atomic E-state index is 0.189. The fourth-order valence-corrected chi connectivity index (χ4v) is 4.89. The predicted molar refractivity (Wildman–Crippen MR) is 142 cm³/mol. The maximum atomic E-state index is 13.5.